The molecule has 1 aromatic heterocycles. The van der Waals surface area contributed by atoms with Crippen LogP contribution in [0.25, 0.3) is 0 Å². The molecule has 1 aliphatic rings. The Balaban J connectivity index is 1.95. The first kappa shape index (κ1) is 8.27. The Morgan fingerprint density at radius 2 is 2.42 bits per heavy atom. The standard InChI is InChI=1S/C10H14OS/c11-10-5-1-3-8(10)7-9-4-2-6-12-9/h2,4,6,8,10-11H,1,3,5,7H2. The second kappa shape index (κ2) is 3.58. The SMILES string of the molecule is OC1CCCC1Cc1cccs1. The van der Waals surface area contributed by atoms with Crippen molar-refractivity contribution in [3.63, 3.8) is 0 Å². The van der Waals surface area contributed by atoms with E-state index in [-0.39, 0.29) is 6.10 Å². The van der Waals surface area contributed by atoms with Crippen molar-refractivity contribution in [1.82, 2.24) is 0 Å². The zero-order valence-electron chi connectivity index (χ0n) is 7.07. The van der Waals surface area contributed by atoms with Crippen LogP contribution in [0.2, 0.25) is 0 Å². The van der Waals surface area contributed by atoms with Crippen LogP contribution >= 0.6 is 11.3 Å². The number of rotatable bonds is 2. The second-order valence-corrected chi connectivity index (χ2v) is 4.57. The molecule has 1 nitrogen and oxygen atoms in total. The van der Waals surface area contributed by atoms with Crippen LogP contribution in [0.5, 0.6) is 0 Å². The molecule has 0 saturated heterocycles. The summed E-state index contributed by atoms with van der Waals surface area (Å²) in [6, 6.07) is 4.25. The quantitative estimate of drug-likeness (QED) is 0.745. The summed E-state index contributed by atoms with van der Waals surface area (Å²) in [5, 5.41) is 11.7. The summed E-state index contributed by atoms with van der Waals surface area (Å²) >= 11 is 1.80. The lowest BCUT2D eigenvalue weighted by Crippen LogP contribution is -2.14. The second-order valence-electron chi connectivity index (χ2n) is 3.54. The highest BCUT2D eigenvalue weighted by atomic mass is 32.1. The zero-order chi connectivity index (χ0) is 8.39. The molecule has 66 valence electrons. The minimum absolute atomic E-state index is 0.0351. The number of hydrogen-bond acceptors (Lipinski definition) is 2. The fourth-order valence-electron chi connectivity index (χ4n) is 1.94. The van der Waals surface area contributed by atoms with Crippen LogP contribution in [0.1, 0.15) is 24.1 Å². The van der Waals surface area contributed by atoms with E-state index in [1.165, 1.54) is 17.7 Å². The highest BCUT2D eigenvalue weighted by molar-refractivity contribution is 7.09. The molecule has 0 bridgehead atoms. The molecule has 0 radical (unpaired) electrons. The number of aliphatic hydroxyl groups excluding tert-OH is 1. The molecule has 1 heterocycles. The normalized spacial score (nSPS) is 29.4. The molecule has 0 aliphatic heterocycles. The lowest BCUT2D eigenvalue weighted by Gasteiger charge is -2.12. The van der Waals surface area contributed by atoms with Gasteiger partial charge in [-0.1, -0.05) is 12.5 Å². The van der Waals surface area contributed by atoms with Crippen molar-refractivity contribution in [1.29, 1.82) is 0 Å². The summed E-state index contributed by atoms with van der Waals surface area (Å²) in [6.07, 6.45) is 4.47. The highest BCUT2D eigenvalue weighted by Crippen LogP contribution is 2.29. The van der Waals surface area contributed by atoms with Crippen LogP contribution in [-0.4, -0.2) is 11.2 Å². The fraction of sp³-hybridized carbons (Fsp3) is 0.600. The topological polar surface area (TPSA) is 20.2 Å². The highest BCUT2D eigenvalue weighted by Gasteiger charge is 2.25. The molecule has 2 rings (SSSR count). The molecule has 1 fully saturated rings. The third kappa shape index (κ3) is 1.70. The molecule has 0 aromatic carbocycles. The van der Waals surface area contributed by atoms with E-state index in [1.807, 2.05) is 0 Å². The molecular weight excluding hydrogens is 168 g/mol. The van der Waals surface area contributed by atoms with Crippen LogP contribution in [-0.2, 0) is 6.42 Å². The molecule has 1 saturated carbocycles. The third-order valence-corrected chi connectivity index (χ3v) is 3.56. The van der Waals surface area contributed by atoms with Crippen LogP contribution in [0.3, 0.4) is 0 Å². The Labute approximate surface area is 77.0 Å². The van der Waals surface area contributed by atoms with Gasteiger partial charge in [0.25, 0.3) is 0 Å². The van der Waals surface area contributed by atoms with Crippen LogP contribution < -0.4 is 0 Å². The van der Waals surface area contributed by atoms with Crippen molar-refractivity contribution in [2.45, 2.75) is 31.8 Å². The summed E-state index contributed by atoms with van der Waals surface area (Å²) in [5.74, 6) is 0.531. The monoisotopic (exact) mass is 182 g/mol. The van der Waals surface area contributed by atoms with Gasteiger partial charge in [0.15, 0.2) is 0 Å². The first-order valence-electron chi connectivity index (χ1n) is 4.56. The van der Waals surface area contributed by atoms with Crippen molar-refractivity contribution >= 4 is 11.3 Å². The van der Waals surface area contributed by atoms with E-state index in [0.29, 0.717) is 5.92 Å². The maximum Gasteiger partial charge on any atom is 0.0571 e. The van der Waals surface area contributed by atoms with Gasteiger partial charge in [0.1, 0.15) is 0 Å². The van der Waals surface area contributed by atoms with E-state index in [4.69, 9.17) is 0 Å². The summed E-state index contributed by atoms with van der Waals surface area (Å²) in [6.45, 7) is 0. The molecule has 2 heteroatoms. The minimum Gasteiger partial charge on any atom is -0.393 e. The average Bonchev–Trinajstić information content (AvgIpc) is 2.65. The van der Waals surface area contributed by atoms with Crippen LogP contribution in [0, 0.1) is 5.92 Å². The van der Waals surface area contributed by atoms with Gasteiger partial charge >= 0.3 is 0 Å². The molecule has 2 atom stereocenters. The largest absolute Gasteiger partial charge is 0.393 e. The maximum absolute atomic E-state index is 9.59. The van der Waals surface area contributed by atoms with Crippen molar-refractivity contribution in [2.75, 3.05) is 0 Å². The van der Waals surface area contributed by atoms with Crippen molar-refractivity contribution in [3.05, 3.63) is 22.4 Å². The van der Waals surface area contributed by atoms with E-state index >= 15 is 0 Å². The van der Waals surface area contributed by atoms with E-state index in [9.17, 15) is 5.11 Å². The number of thiophene rings is 1. The molecule has 0 spiro atoms. The van der Waals surface area contributed by atoms with Crippen molar-refractivity contribution in [2.24, 2.45) is 5.92 Å². The Morgan fingerprint density at radius 1 is 1.50 bits per heavy atom. The predicted octanol–water partition coefficient (Wildman–Crippen LogP) is 2.45. The first-order valence-corrected chi connectivity index (χ1v) is 5.44. The lowest BCUT2D eigenvalue weighted by molar-refractivity contribution is 0.133. The molecule has 12 heavy (non-hydrogen) atoms. The van der Waals surface area contributed by atoms with E-state index in [1.54, 1.807) is 11.3 Å². The summed E-state index contributed by atoms with van der Waals surface area (Å²) in [5.41, 5.74) is 0. The summed E-state index contributed by atoms with van der Waals surface area (Å²) in [4.78, 5) is 1.42. The molecule has 1 aromatic rings. The molecule has 1 N–H and O–H groups in total. The van der Waals surface area contributed by atoms with E-state index < -0.39 is 0 Å². The van der Waals surface area contributed by atoms with Crippen LogP contribution in [0.15, 0.2) is 17.5 Å². The molecule has 0 amide bonds. The Morgan fingerprint density at radius 3 is 3.00 bits per heavy atom. The summed E-state index contributed by atoms with van der Waals surface area (Å²) < 4.78 is 0. The molecular formula is C10H14OS. The van der Waals surface area contributed by atoms with Gasteiger partial charge in [-0.3, -0.25) is 0 Å². The van der Waals surface area contributed by atoms with Gasteiger partial charge in [0.2, 0.25) is 0 Å². The van der Waals surface area contributed by atoms with Gasteiger partial charge in [0.05, 0.1) is 6.10 Å². The van der Waals surface area contributed by atoms with Crippen LogP contribution in [0.4, 0.5) is 0 Å². The first-order chi connectivity index (χ1) is 5.86. The molecule has 2 unspecified atom stereocenters. The Hall–Kier alpha value is -0.340. The average molecular weight is 182 g/mol. The van der Waals surface area contributed by atoms with Gasteiger partial charge in [0, 0.05) is 4.88 Å². The van der Waals surface area contributed by atoms with Gasteiger partial charge in [-0.2, -0.15) is 0 Å². The zero-order valence-corrected chi connectivity index (χ0v) is 7.89. The minimum atomic E-state index is -0.0351. The third-order valence-electron chi connectivity index (χ3n) is 2.66. The van der Waals surface area contributed by atoms with Crippen molar-refractivity contribution < 1.29 is 5.11 Å². The maximum atomic E-state index is 9.59. The van der Waals surface area contributed by atoms with Gasteiger partial charge in [-0.05, 0) is 36.6 Å². The van der Waals surface area contributed by atoms with E-state index in [2.05, 4.69) is 17.5 Å². The lowest BCUT2D eigenvalue weighted by atomic mass is 10.0. The Kier molecular flexibility index (Phi) is 2.47. The fourth-order valence-corrected chi connectivity index (χ4v) is 2.74. The summed E-state index contributed by atoms with van der Waals surface area (Å²) in [7, 11) is 0. The van der Waals surface area contributed by atoms with Crippen molar-refractivity contribution in [3.8, 4) is 0 Å². The Bertz CT molecular complexity index is 230. The van der Waals surface area contributed by atoms with E-state index in [0.717, 1.165) is 12.8 Å². The smallest absolute Gasteiger partial charge is 0.0571 e. The van der Waals surface area contributed by atoms with Gasteiger partial charge < -0.3 is 5.11 Å². The van der Waals surface area contributed by atoms with Gasteiger partial charge in [-0.15, -0.1) is 11.3 Å². The molecule has 1 aliphatic carbocycles. The van der Waals surface area contributed by atoms with Gasteiger partial charge in [-0.25, -0.2) is 0 Å². The number of aliphatic hydroxyl groups is 1. The predicted molar refractivity (Wildman–Crippen MR) is 51.4 cm³/mol. The number of hydrogen-bond donors (Lipinski definition) is 1.